The molecule has 25 heavy (non-hydrogen) atoms. The van der Waals surface area contributed by atoms with Crippen molar-refractivity contribution >= 4 is 16.0 Å². The van der Waals surface area contributed by atoms with Gasteiger partial charge < -0.3 is 4.90 Å². The van der Waals surface area contributed by atoms with Gasteiger partial charge in [0.05, 0.1) is 11.9 Å². The van der Waals surface area contributed by atoms with Crippen LogP contribution in [0.2, 0.25) is 0 Å². The third-order valence-corrected chi connectivity index (χ3v) is 5.77. The molecule has 7 nitrogen and oxygen atoms in total. The molecule has 0 aromatic carbocycles. The van der Waals surface area contributed by atoms with E-state index < -0.39 is 10.0 Å². The number of hydrogen-bond donors (Lipinski definition) is 1. The second kappa shape index (κ2) is 8.42. The second-order valence-corrected chi connectivity index (χ2v) is 8.95. The molecule has 0 spiro atoms. The van der Waals surface area contributed by atoms with E-state index in [2.05, 4.69) is 19.5 Å². The number of nitrogens with one attached hydrogen (secondary N) is 1. The lowest BCUT2D eigenvalue weighted by atomic mass is 9.99. The number of rotatable bonds is 7. The van der Waals surface area contributed by atoms with Crippen molar-refractivity contribution in [3.05, 3.63) is 18.0 Å². The Bertz CT molecular complexity index is 661. The van der Waals surface area contributed by atoms with Crippen LogP contribution in [0.3, 0.4) is 0 Å². The molecule has 0 unspecified atom stereocenters. The highest BCUT2D eigenvalue weighted by Crippen LogP contribution is 2.22. The van der Waals surface area contributed by atoms with E-state index in [1.54, 1.807) is 0 Å². The zero-order chi connectivity index (χ0) is 17.7. The third-order valence-electron chi connectivity index (χ3n) is 5.05. The highest BCUT2D eigenvalue weighted by atomic mass is 32.2. The van der Waals surface area contributed by atoms with Crippen LogP contribution in [0.25, 0.3) is 0 Å². The Labute approximate surface area is 150 Å². The Morgan fingerprint density at radius 3 is 2.72 bits per heavy atom. The van der Waals surface area contributed by atoms with Gasteiger partial charge in [0.2, 0.25) is 16.0 Å². The summed E-state index contributed by atoms with van der Waals surface area (Å²) >= 11 is 0. The summed E-state index contributed by atoms with van der Waals surface area (Å²) in [5.74, 6) is 0.849. The van der Waals surface area contributed by atoms with Gasteiger partial charge in [0.15, 0.2) is 0 Å². The third kappa shape index (κ3) is 5.62. The molecule has 0 amide bonds. The van der Waals surface area contributed by atoms with Crippen molar-refractivity contribution in [2.45, 2.75) is 51.1 Å². The molecule has 2 saturated heterocycles. The van der Waals surface area contributed by atoms with Crippen LogP contribution < -0.4 is 9.62 Å². The molecule has 1 aromatic heterocycles. The molecule has 2 aliphatic rings. The summed E-state index contributed by atoms with van der Waals surface area (Å²) in [6, 6.07) is 2.41. The molecule has 2 fully saturated rings. The lowest BCUT2D eigenvalue weighted by Gasteiger charge is -2.35. The molecule has 0 aliphatic carbocycles. The van der Waals surface area contributed by atoms with Gasteiger partial charge in [0, 0.05) is 38.4 Å². The first-order chi connectivity index (χ1) is 12.0. The highest BCUT2D eigenvalue weighted by Gasteiger charge is 2.23. The molecule has 1 aromatic rings. The zero-order valence-electron chi connectivity index (χ0n) is 15.0. The van der Waals surface area contributed by atoms with Gasteiger partial charge in [-0.05, 0) is 44.7 Å². The monoisotopic (exact) mass is 367 g/mol. The van der Waals surface area contributed by atoms with E-state index in [0.717, 1.165) is 50.7 Å². The van der Waals surface area contributed by atoms with Crippen molar-refractivity contribution < 1.29 is 8.42 Å². The summed E-state index contributed by atoms with van der Waals surface area (Å²) < 4.78 is 25.1. The van der Waals surface area contributed by atoms with E-state index in [1.165, 1.54) is 31.9 Å². The minimum atomic E-state index is -3.11. The second-order valence-electron chi connectivity index (χ2n) is 7.12. The van der Waals surface area contributed by atoms with E-state index in [9.17, 15) is 8.42 Å². The maximum Gasteiger partial charge on any atom is 0.225 e. The van der Waals surface area contributed by atoms with Crippen molar-refractivity contribution in [3.63, 3.8) is 0 Å². The smallest absolute Gasteiger partial charge is 0.225 e. The molecule has 3 rings (SSSR count). The van der Waals surface area contributed by atoms with Crippen LogP contribution in [0.15, 0.2) is 12.3 Å². The molecule has 1 N–H and O–H groups in total. The maximum atomic E-state index is 11.3. The van der Waals surface area contributed by atoms with E-state index in [1.807, 2.05) is 12.3 Å². The minimum absolute atomic E-state index is 0.410. The molecule has 0 radical (unpaired) electrons. The summed E-state index contributed by atoms with van der Waals surface area (Å²) in [7, 11) is -3.11. The predicted molar refractivity (Wildman–Crippen MR) is 99.0 cm³/mol. The number of hydrogen-bond acceptors (Lipinski definition) is 6. The van der Waals surface area contributed by atoms with Crippen LogP contribution in [-0.4, -0.2) is 61.8 Å². The summed E-state index contributed by atoms with van der Waals surface area (Å²) in [6.45, 7) is 4.46. The summed E-state index contributed by atoms with van der Waals surface area (Å²) in [4.78, 5) is 13.9. The SMILES string of the molecule is CS(=O)(=O)NCC[C@@H]1CCCCN1Cc1ccnc(N2CCCC2)n1. The van der Waals surface area contributed by atoms with Gasteiger partial charge in [-0.15, -0.1) is 0 Å². The van der Waals surface area contributed by atoms with Crippen molar-refractivity contribution in [1.29, 1.82) is 0 Å². The van der Waals surface area contributed by atoms with Gasteiger partial charge in [-0.2, -0.15) is 0 Å². The largest absolute Gasteiger partial charge is 0.341 e. The van der Waals surface area contributed by atoms with E-state index >= 15 is 0 Å². The van der Waals surface area contributed by atoms with Gasteiger partial charge in [-0.25, -0.2) is 23.1 Å². The molecular weight excluding hydrogens is 338 g/mol. The van der Waals surface area contributed by atoms with E-state index in [4.69, 9.17) is 4.98 Å². The fraction of sp³-hybridized carbons (Fsp3) is 0.765. The minimum Gasteiger partial charge on any atom is -0.341 e. The molecule has 0 bridgehead atoms. The van der Waals surface area contributed by atoms with Gasteiger partial charge in [0.25, 0.3) is 0 Å². The summed E-state index contributed by atoms with van der Waals surface area (Å²) in [6.07, 6.45) is 9.88. The summed E-state index contributed by atoms with van der Waals surface area (Å²) in [5.41, 5.74) is 1.06. The zero-order valence-corrected chi connectivity index (χ0v) is 15.8. The molecule has 1 atom stereocenters. The number of aromatic nitrogens is 2. The standard InChI is InChI=1S/C17H29N5O2S/c1-25(23,24)19-10-8-16-6-2-3-13-22(16)14-15-7-9-18-17(20-15)21-11-4-5-12-21/h7,9,16,19H,2-6,8,10-14H2,1H3/t16-/m0/s1. The van der Waals surface area contributed by atoms with Crippen LogP contribution in [0.1, 0.15) is 44.2 Å². The first kappa shape index (κ1) is 18.5. The summed E-state index contributed by atoms with van der Waals surface area (Å²) in [5, 5.41) is 0. The van der Waals surface area contributed by atoms with Gasteiger partial charge >= 0.3 is 0 Å². The Morgan fingerprint density at radius 1 is 1.20 bits per heavy atom. The Balaban J connectivity index is 1.60. The van der Waals surface area contributed by atoms with Gasteiger partial charge in [-0.1, -0.05) is 6.42 Å². The number of sulfonamides is 1. The van der Waals surface area contributed by atoms with Crippen molar-refractivity contribution in [1.82, 2.24) is 19.6 Å². The average molecular weight is 368 g/mol. The first-order valence-corrected chi connectivity index (χ1v) is 11.2. The van der Waals surface area contributed by atoms with Crippen molar-refractivity contribution in [2.75, 3.05) is 37.3 Å². The number of nitrogens with zero attached hydrogens (tertiary/aromatic N) is 4. The Morgan fingerprint density at radius 2 is 1.96 bits per heavy atom. The van der Waals surface area contributed by atoms with E-state index in [0.29, 0.717) is 12.6 Å². The molecule has 140 valence electrons. The Hall–Kier alpha value is -1.25. The highest BCUT2D eigenvalue weighted by molar-refractivity contribution is 7.88. The lowest BCUT2D eigenvalue weighted by Crippen LogP contribution is -2.41. The number of likely N-dealkylation sites (tertiary alicyclic amines) is 1. The van der Waals surface area contributed by atoms with Crippen LogP contribution in [0.4, 0.5) is 5.95 Å². The lowest BCUT2D eigenvalue weighted by molar-refractivity contribution is 0.131. The molecule has 8 heteroatoms. The Kier molecular flexibility index (Phi) is 6.24. The van der Waals surface area contributed by atoms with Crippen LogP contribution >= 0.6 is 0 Å². The van der Waals surface area contributed by atoms with E-state index in [-0.39, 0.29) is 0 Å². The average Bonchev–Trinajstić information content (AvgIpc) is 3.10. The normalized spacial score (nSPS) is 22.4. The fourth-order valence-electron chi connectivity index (χ4n) is 3.76. The number of anilines is 1. The quantitative estimate of drug-likeness (QED) is 0.784. The predicted octanol–water partition coefficient (Wildman–Crippen LogP) is 1.37. The number of piperidine rings is 1. The van der Waals surface area contributed by atoms with Crippen LogP contribution in [-0.2, 0) is 16.6 Å². The molecular formula is C17H29N5O2S. The van der Waals surface area contributed by atoms with Crippen LogP contribution in [0, 0.1) is 0 Å². The first-order valence-electron chi connectivity index (χ1n) is 9.27. The maximum absolute atomic E-state index is 11.3. The topological polar surface area (TPSA) is 78.4 Å². The molecule has 2 aliphatic heterocycles. The van der Waals surface area contributed by atoms with Gasteiger partial charge in [-0.3, -0.25) is 4.90 Å². The molecule has 3 heterocycles. The molecule has 0 saturated carbocycles. The van der Waals surface area contributed by atoms with Gasteiger partial charge in [0.1, 0.15) is 0 Å². The van der Waals surface area contributed by atoms with Crippen LogP contribution in [0.5, 0.6) is 0 Å². The van der Waals surface area contributed by atoms with Crippen molar-refractivity contribution in [2.24, 2.45) is 0 Å². The van der Waals surface area contributed by atoms with Crippen molar-refractivity contribution in [3.8, 4) is 0 Å². The fourth-order valence-corrected chi connectivity index (χ4v) is 4.24.